The fourth-order valence-electron chi connectivity index (χ4n) is 1.78. The third-order valence-electron chi connectivity index (χ3n) is 2.96. The zero-order valence-electron chi connectivity index (χ0n) is 12.4. The number of fused-ring (bicyclic) bond motifs is 1. The summed E-state index contributed by atoms with van der Waals surface area (Å²) in [7, 11) is 3.25. The van der Waals surface area contributed by atoms with E-state index in [1.807, 2.05) is 0 Å². The Labute approximate surface area is 133 Å². The number of rotatable bonds is 4. The van der Waals surface area contributed by atoms with E-state index >= 15 is 0 Å². The number of ether oxygens (including phenoxy) is 2. The summed E-state index contributed by atoms with van der Waals surface area (Å²) < 4.78 is 10.9. The minimum Gasteiger partial charge on any atom is -0.486 e. The first kappa shape index (κ1) is 16.2. The highest BCUT2D eigenvalue weighted by Crippen LogP contribution is 2.38. The van der Waals surface area contributed by atoms with E-state index in [1.54, 1.807) is 32.3 Å². The second kappa shape index (κ2) is 7.17. The molecule has 6 nitrogen and oxygen atoms in total. The molecule has 2 amide bonds. The molecule has 0 spiro atoms. The summed E-state index contributed by atoms with van der Waals surface area (Å²) in [5, 5.41) is 2.94. The van der Waals surface area contributed by atoms with Gasteiger partial charge in [-0.2, -0.15) is 0 Å². The van der Waals surface area contributed by atoms with Crippen LogP contribution in [0.5, 0.6) is 11.5 Å². The number of nitrogens with one attached hydrogen (secondary N) is 1. The SMILES string of the molecule is CN(C)C(=O)CNC(=O)/C=C/c1cc(Cl)c2c(c1)OCCO2. The van der Waals surface area contributed by atoms with Gasteiger partial charge in [0, 0.05) is 20.2 Å². The first-order valence-corrected chi connectivity index (χ1v) is 7.10. The van der Waals surface area contributed by atoms with E-state index in [4.69, 9.17) is 21.1 Å². The molecule has 0 aliphatic carbocycles. The molecule has 0 atom stereocenters. The Morgan fingerprint density at radius 1 is 1.32 bits per heavy atom. The van der Waals surface area contributed by atoms with Crippen LogP contribution in [0.4, 0.5) is 0 Å². The van der Waals surface area contributed by atoms with E-state index in [1.165, 1.54) is 11.0 Å². The van der Waals surface area contributed by atoms with Gasteiger partial charge in [-0.25, -0.2) is 0 Å². The minimum absolute atomic E-state index is 0.0436. The van der Waals surface area contributed by atoms with Crippen molar-refractivity contribution in [3.63, 3.8) is 0 Å². The van der Waals surface area contributed by atoms with Gasteiger partial charge in [0.2, 0.25) is 11.8 Å². The van der Waals surface area contributed by atoms with E-state index < -0.39 is 0 Å². The van der Waals surface area contributed by atoms with Crippen molar-refractivity contribution >= 4 is 29.5 Å². The maximum atomic E-state index is 11.7. The molecule has 2 rings (SSSR count). The Morgan fingerprint density at radius 2 is 2.05 bits per heavy atom. The normalized spacial score (nSPS) is 13.0. The number of hydrogen-bond acceptors (Lipinski definition) is 4. The van der Waals surface area contributed by atoms with Crippen molar-refractivity contribution < 1.29 is 19.1 Å². The van der Waals surface area contributed by atoms with Gasteiger partial charge < -0.3 is 19.7 Å². The first-order chi connectivity index (χ1) is 10.5. The van der Waals surface area contributed by atoms with Crippen LogP contribution in [0, 0.1) is 0 Å². The summed E-state index contributed by atoms with van der Waals surface area (Å²) >= 11 is 6.11. The van der Waals surface area contributed by atoms with Gasteiger partial charge in [-0.15, -0.1) is 0 Å². The number of carbonyl (C=O) groups is 2. The number of benzene rings is 1. The fraction of sp³-hybridized carbons (Fsp3) is 0.333. The molecule has 0 fully saturated rings. The monoisotopic (exact) mass is 324 g/mol. The lowest BCUT2D eigenvalue weighted by molar-refractivity contribution is -0.129. The highest BCUT2D eigenvalue weighted by atomic mass is 35.5. The van der Waals surface area contributed by atoms with E-state index in [0.29, 0.717) is 35.3 Å². The van der Waals surface area contributed by atoms with E-state index in [-0.39, 0.29) is 18.4 Å². The van der Waals surface area contributed by atoms with Crippen molar-refractivity contribution in [2.75, 3.05) is 33.9 Å². The minimum atomic E-state index is -0.360. The van der Waals surface area contributed by atoms with Crippen LogP contribution in [-0.4, -0.2) is 50.6 Å². The molecule has 118 valence electrons. The predicted molar refractivity (Wildman–Crippen MR) is 83.2 cm³/mol. The zero-order chi connectivity index (χ0) is 16.1. The molecule has 0 unspecified atom stereocenters. The number of amides is 2. The summed E-state index contributed by atoms with van der Waals surface area (Å²) in [5.74, 6) is 0.540. The number of halogens is 1. The first-order valence-electron chi connectivity index (χ1n) is 6.72. The van der Waals surface area contributed by atoms with Gasteiger partial charge in [-0.05, 0) is 23.8 Å². The molecule has 1 aliphatic rings. The van der Waals surface area contributed by atoms with E-state index in [2.05, 4.69) is 5.32 Å². The molecule has 1 aliphatic heterocycles. The Morgan fingerprint density at radius 3 is 2.77 bits per heavy atom. The standard InChI is InChI=1S/C15H17ClN2O4/c1-18(2)14(20)9-17-13(19)4-3-10-7-11(16)15-12(8-10)21-5-6-22-15/h3-4,7-8H,5-6,9H2,1-2H3,(H,17,19)/b4-3+. The van der Waals surface area contributed by atoms with Gasteiger partial charge in [-0.3, -0.25) is 9.59 Å². The summed E-state index contributed by atoms with van der Waals surface area (Å²) in [6.45, 7) is 0.881. The van der Waals surface area contributed by atoms with Crippen LogP contribution in [0.1, 0.15) is 5.56 Å². The van der Waals surface area contributed by atoms with Crippen molar-refractivity contribution in [2.45, 2.75) is 0 Å². The maximum absolute atomic E-state index is 11.7. The smallest absolute Gasteiger partial charge is 0.244 e. The quantitative estimate of drug-likeness (QED) is 0.848. The van der Waals surface area contributed by atoms with Crippen molar-refractivity contribution in [1.29, 1.82) is 0 Å². The summed E-state index contributed by atoms with van der Waals surface area (Å²) in [5.41, 5.74) is 0.711. The molecular weight excluding hydrogens is 308 g/mol. The summed E-state index contributed by atoms with van der Waals surface area (Å²) in [6, 6.07) is 3.43. The van der Waals surface area contributed by atoms with Crippen LogP contribution >= 0.6 is 11.6 Å². The molecular formula is C15H17ClN2O4. The molecule has 1 N–H and O–H groups in total. The van der Waals surface area contributed by atoms with Crippen molar-refractivity contribution in [2.24, 2.45) is 0 Å². The molecule has 1 aromatic rings. The largest absolute Gasteiger partial charge is 0.486 e. The molecule has 0 saturated carbocycles. The average molecular weight is 325 g/mol. The predicted octanol–water partition coefficient (Wildman–Crippen LogP) is 1.33. The molecule has 0 aromatic heterocycles. The highest BCUT2D eigenvalue weighted by Gasteiger charge is 2.16. The van der Waals surface area contributed by atoms with Crippen molar-refractivity contribution in [3.8, 4) is 11.5 Å². The Hall–Kier alpha value is -2.21. The van der Waals surface area contributed by atoms with Gasteiger partial charge in [-0.1, -0.05) is 11.6 Å². The lowest BCUT2D eigenvalue weighted by Gasteiger charge is -2.19. The van der Waals surface area contributed by atoms with Crippen molar-refractivity contribution in [1.82, 2.24) is 10.2 Å². The van der Waals surface area contributed by atoms with Crippen LogP contribution in [0.15, 0.2) is 18.2 Å². The molecule has 0 bridgehead atoms. The van der Waals surface area contributed by atoms with E-state index in [9.17, 15) is 9.59 Å². The Balaban J connectivity index is 1.99. The molecule has 1 aromatic carbocycles. The number of hydrogen-bond donors (Lipinski definition) is 1. The van der Waals surface area contributed by atoms with Crippen LogP contribution in [0.2, 0.25) is 5.02 Å². The summed E-state index contributed by atoms with van der Waals surface area (Å²) in [6.07, 6.45) is 2.93. The van der Waals surface area contributed by atoms with Crippen molar-refractivity contribution in [3.05, 3.63) is 28.8 Å². The van der Waals surface area contributed by atoms with Gasteiger partial charge in [0.05, 0.1) is 11.6 Å². The van der Waals surface area contributed by atoms with Gasteiger partial charge in [0.15, 0.2) is 11.5 Å². The number of likely N-dealkylation sites (N-methyl/N-ethyl adjacent to an activating group) is 1. The second-order valence-corrected chi connectivity index (χ2v) is 5.27. The maximum Gasteiger partial charge on any atom is 0.244 e. The van der Waals surface area contributed by atoms with Crippen LogP contribution in [0.3, 0.4) is 0 Å². The fourth-order valence-corrected chi connectivity index (χ4v) is 2.05. The highest BCUT2D eigenvalue weighted by molar-refractivity contribution is 6.32. The van der Waals surface area contributed by atoms with Gasteiger partial charge in [0.1, 0.15) is 13.2 Å². The van der Waals surface area contributed by atoms with Crippen LogP contribution in [-0.2, 0) is 9.59 Å². The Kier molecular flexibility index (Phi) is 5.27. The molecule has 7 heteroatoms. The van der Waals surface area contributed by atoms with Gasteiger partial charge >= 0.3 is 0 Å². The van der Waals surface area contributed by atoms with Crippen LogP contribution in [0.25, 0.3) is 6.08 Å². The molecule has 22 heavy (non-hydrogen) atoms. The number of nitrogens with zero attached hydrogens (tertiary/aromatic N) is 1. The molecule has 0 radical (unpaired) electrons. The zero-order valence-corrected chi connectivity index (χ0v) is 13.1. The van der Waals surface area contributed by atoms with Gasteiger partial charge in [0.25, 0.3) is 0 Å². The van der Waals surface area contributed by atoms with Crippen LogP contribution < -0.4 is 14.8 Å². The topological polar surface area (TPSA) is 67.9 Å². The third-order valence-corrected chi connectivity index (χ3v) is 3.24. The lowest BCUT2D eigenvalue weighted by atomic mass is 10.1. The van der Waals surface area contributed by atoms with E-state index in [0.717, 1.165) is 0 Å². The Bertz CT molecular complexity index is 614. The number of carbonyl (C=O) groups excluding carboxylic acids is 2. The summed E-state index contributed by atoms with van der Waals surface area (Å²) in [4.78, 5) is 24.4. The lowest BCUT2D eigenvalue weighted by Crippen LogP contribution is -2.35. The third kappa shape index (κ3) is 4.14. The molecule has 0 saturated heterocycles. The average Bonchev–Trinajstić information content (AvgIpc) is 2.50. The second-order valence-electron chi connectivity index (χ2n) is 4.87. The molecule has 1 heterocycles.